The lowest BCUT2D eigenvalue weighted by Gasteiger charge is -2.10. The Bertz CT molecular complexity index is 568. The fourth-order valence-electron chi connectivity index (χ4n) is 2.09. The lowest BCUT2D eigenvalue weighted by molar-refractivity contribution is 0.290. The number of ether oxygens (including phenoxy) is 1. The molecule has 1 aromatic heterocycles. The van der Waals surface area contributed by atoms with Gasteiger partial charge in [0.1, 0.15) is 18.2 Å². The Kier molecular flexibility index (Phi) is 6.08. The third-order valence-electron chi connectivity index (χ3n) is 3.25. The summed E-state index contributed by atoms with van der Waals surface area (Å²) in [5.41, 5.74) is 1.16. The van der Waals surface area contributed by atoms with Crippen LogP contribution in [0.4, 0.5) is 0 Å². The van der Waals surface area contributed by atoms with Crippen molar-refractivity contribution in [3.63, 3.8) is 0 Å². The number of rotatable bonds is 8. The van der Waals surface area contributed by atoms with Gasteiger partial charge in [0.05, 0.1) is 5.02 Å². The molecule has 1 aromatic carbocycles. The van der Waals surface area contributed by atoms with Crippen molar-refractivity contribution < 1.29 is 4.74 Å². The molecule has 5 heteroatoms. The van der Waals surface area contributed by atoms with Gasteiger partial charge in [0, 0.05) is 25.5 Å². The SMILES string of the molecule is CCCNCc1ccc(OCc2nccn2CC)c(Cl)c1. The molecule has 114 valence electrons. The highest BCUT2D eigenvalue weighted by atomic mass is 35.5. The molecule has 2 aromatic rings. The fraction of sp³-hybridized carbons (Fsp3) is 0.438. The molecule has 0 saturated heterocycles. The second-order valence-corrected chi connectivity index (χ2v) is 5.27. The normalized spacial score (nSPS) is 10.8. The van der Waals surface area contributed by atoms with Crippen LogP contribution in [-0.2, 0) is 19.7 Å². The summed E-state index contributed by atoms with van der Waals surface area (Å²) in [5.74, 6) is 1.60. The fourth-order valence-corrected chi connectivity index (χ4v) is 2.35. The number of halogens is 1. The summed E-state index contributed by atoms with van der Waals surface area (Å²) >= 11 is 6.28. The first-order valence-corrected chi connectivity index (χ1v) is 7.74. The largest absolute Gasteiger partial charge is 0.484 e. The molecule has 0 spiro atoms. The van der Waals surface area contributed by atoms with Crippen molar-refractivity contribution in [2.24, 2.45) is 0 Å². The van der Waals surface area contributed by atoms with E-state index in [-0.39, 0.29) is 0 Å². The van der Waals surface area contributed by atoms with Gasteiger partial charge in [0.15, 0.2) is 0 Å². The van der Waals surface area contributed by atoms with Gasteiger partial charge in [-0.15, -0.1) is 0 Å². The van der Waals surface area contributed by atoms with E-state index in [2.05, 4.69) is 28.7 Å². The zero-order chi connectivity index (χ0) is 15.1. The minimum absolute atomic E-state index is 0.425. The van der Waals surface area contributed by atoms with Crippen molar-refractivity contribution in [2.45, 2.75) is 40.0 Å². The van der Waals surface area contributed by atoms with E-state index in [9.17, 15) is 0 Å². The van der Waals surface area contributed by atoms with Gasteiger partial charge in [0.2, 0.25) is 0 Å². The molecule has 0 aliphatic rings. The summed E-state index contributed by atoms with van der Waals surface area (Å²) in [7, 11) is 0. The van der Waals surface area contributed by atoms with Crippen LogP contribution < -0.4 is 10.1 Å². The maximum atomic E-state index is 6.28. The predicted molar refractivity (Wildman–Crippen MR) is 85.7 cm³/mol. The molecule has 4 nitrogen and oxygen atoms in total. The standard InChI is InChI=1S/C16H22ClN3O/c1-3-7-18-11-13-5-6-15(14(17)10-13)21-12-16-19-8-9-20(16)4-2/h5-6,8-10,18H,3-4,7,11-12H2,1-2H3. The van der Waals surface area contributed by atoms with E-state index in [1.54, 1.807) is 6.20 Å². The number of hydrogen-bond acceptors (Lipinski definition) is 3. The molecule has 0 saturated carbocycles. The van der Waals surface area contributed by atoms with E-state index in [0.717, 1.165) is 37.4 Å². The van der Waals surface area contributed by atoms with E-state index in [0.29, 0.717) is 17.4 Å². The van der Waals surface area contributed by atoms with E-state index in [1.165, 1.54) is 0 Å². The Balaban J connectivity index is 1.94. The zero-order valence-electron chi connectivity index (χ0n) is 12.6. The molecular weight excluding hydrogens is 286 g/mol. The van der Waals surface area contributed by atoms with Crippen LogP contribution in [0.3, 0.4) is 0 Å². The average molecular weight is 308 g/mol. The first-order chi connectivity index (χ1) is 10.2. The summed E-state index contributed by atoms with van der Waals surface area (Å²) < 4.78 is 7.82. The molecule has 1 heterocycles. The highest BCUT2D eigenvalue weighted by Crippen LogP contribution is 2.26. The van der Waals surface area contributed by atoms with E-state index in [4.69, 9.17) is 16.3 Å². The second-order valence-electron chi connectivity index (χ2n) is 4.86. The van der Waals surface area contributed by atoms with Gasteiger partial charge in [-0.1, -0.05) is 24.6 Å². The Labute approximate surface area is 131 Å². The van der Waals surface area contributed by atoms with Crippen LogP contribution in [0.1, 0.15) is 31.7 Å². The van der Waals surface area contributed by atoms with Crippen molar-refractivity contribution in [3.05, 3.63) is 47.0 Å². The molecule has 2 rings (SSSR count). The van der Waals surface area contributed by atoms with Crippen molar-refractivity contribution in [2.75, 3.05) is 6.54 Å². The predicted octanol–water partition coefficient (Wildman–Crippen LogP) is 3.64. The van der Waals surface area contributed by atoms with E-state index in [1.807, 2.05) is 24.4 Å². The Morgan fingerprint density at radius 2 is 2.19 bits per heavy atom. The van der Waals surface area contributed by atoms with Crippen molar-refractivity contribution in [1.82, 2.24) is 14.9 Å². The number of aromatic nitrogens is 2. The lowest BCUT2D eigenvalue weighted by Crippen LogP contribution is -2.13. The highest BCUT2D eigenvalue weighted by Gasteiger charge is 2.06. The number of aryl methyl sites for hydroxylation is 1. The number of hydrogen-bond donors (Lipinski definition) is 1. The van der Waals surface area contributed by atoms with Gasteiger partial charge in [-0.05, 0) is 37.6 Å². The average Bonchev–Trinajstić information content (AvgIpc) is 2.94. The van der Waals surface area contributed by atoms with Gasteiger partial charge in [-0.2, -0.15) is 0 Å². The molecule has 0 radical (unpaired) electrons. The molecule has 21 heavy (non-hydrogen) atoms. The van der Waals surface area contributed by atoms with E-state index >= 15 is 0 Å². The van der Waals surface area contributed by atoms with E-state index < -0.39 is 0 Å². The molecular formula is C16H22ClN3O. The van der Waals surface area contributed by atoms with Crippen LogP contribution in [0.5, 0.6) is 5.75 Å². The van der Waals surface area contributed by atoms with Crippen LogP contribution in [0, 0.1) is 0 Å². The van der Waals surface area contributed by atoms with Crippen LogP contribution in [0.2, 0.25) is 5.02 Å². The Morgan fingerprint density at radius 3 is 2.90 bits per heavy atom. The van der Waals surface area contributed by atoms with Crippen LogP contribution in [-0.4, -0.2) is 16.1 Å². The summed E-state index contributed by atoms with van der Waals surface area (Å²) in [5, 5.41) is 3.99. The van der Waals surface area contributed by atoms with Gasteiger partial charge in [0.25, 0.3) is 0 Å². The minimum Gasteiger partial charge on any atom is -0.484 e. The zero-order valence-corrected chi connectivity index (χ0v) is 13.4. The molecule has 0 aliphatic heterocycles. The number of nitrogens with one attached hydrogen (secondary N) is 1. The summed E-state index contributed by atoms with van der Waals surface area (Å²) in [6.45, 7) is 7.37. The highest BCUT2D eigenvalue weighted by molar-refractivity contribution is 6.32. The first kappa shape index (κ1) is 15.9. The number of benzene rings is 1. The molecule has 0 bridgehead atoms. The first-order valence-electron chi connectivity index (χ1n) is 7.36. The summed E-state index contributed by atoms with van der Waals surface area (Å²) in [6, 6.07) is 5.91. The maximum Gasteiger partial charge on any atom is 0.146 e. The molecule has 0 amide bonds. The number of imidazole rings is 1. The maximum absolute atomic E-state index is 6.28. The quantitative estimate of drug-likeness (QED) is 0.757. The molecule has 0 fully saturated rings. The summed E-state index contributed by atoms with van der Waals surface area (Å²) in [6.07, 6.45) is 4.86. The Morgan fingerprint density at radius 1 is 1.33 bits per heavy atom. The lowest BCUT2D eigenvalue weighted by atomic mass is 10.2. The molecule has 0 atom stereocenters. The minimum atomic E-state index is 0.425. The topological polar surface area (TPSA) is 39.1 Å². The van der Waals surface area contributed by atoms with Gasteiger partial charge < -0.3 is 14.6 Å². The number of nitrogens with zero attached hydrogens (tertiary/aromatic N) is 2. The molecule has 1 N–H and O–H groups in total. The smallest absolute Gasteiger partial charge is 0.146 e. The van der Waals surface area contributed by atoms with Gasteiger partial charge in [-0.3, -0.25) is 0 Å². The van der Waals surface area contributed by atoms with Crippen LogP contribution in [0.25, 0.3) is 0 Å². The Hall–Kier alpha value is -1.52. The van der Waals surface area contributed by atoms with Gasteiger partial charge in [-0.25, -0.2) is 4.98 Å². The second kappa shape index (κ2) is 8.05. The summed E-state index contributed by atoms with van der Waals surface area (Å²) in [4.78, 5) is 4.28. The van der Waals surface area contributed by atoms with Crippen molar-refractivity contribution >= 4 is 11.6 Å². The van der Waals surface area contributed by atoms with Crippen molar-refractivity contribution in [1.29, 1.82) is 0 Å². The van der Waals surface area contributed by atoms with Crippen LogP contribution in [0.15, 0.2) is 30.6 Å². The molecule has 0 aliphatic carbocycles. The monoisotopic (exact) mass is 307 g/mol. The van der Waals surface area contributed by atoms with Gasteiger partial charge >= 0.3 is 0 Å². The van der Waals surface area contributed by atoms with Crippen molar-refractivity contribution in [3.8, 4) is 5.75 Å². The molecule has 0 unspecified atom stereocenters. The third kappa shape index (κ3) is 4.48. The van der Waals surface area contributed by atoms with Crippen LogP contribution >= 0.6 is 11.6 Å². The third-order valence-corrected chi connectivity index (χ3v) is 3.55.